The molecule has 1 aromatic carbocycles. The average Bonchev–Trinajstić information content (AvgIpc) is 3.42. The molecule has 2 aliphatic rings. The Kier molecular flexibility index (Phi) is 5.74. The number of ether oxygens (including phenoxy) is 1. The van der Waals surface area contributed by atoms with Gasteiger partial charge in [-0.1, -0.05) is 6.07 Å². The van der Waals surface area contributed by atoms with Gasteiger partial charge in [-0.3, -0.25) is 9.59 Å². The molecule has 0 radical (unpaired) electrons. The molecule has 0 spiro atoms. The topological polar surface area (TPSA) is 67.7 Å². The van der Waals surface area contributed by atoms with E-state index in [0.717, 1.165) is 25.0 Å². The third-order valence-electron chi connectivity index (χ3n) is 5.74. The van der Waals surface area contributed by atoms with Gasteiger partial charge in [0, 0.05) is 32.8 Å². The first-order valence-corrected chi connectivity index (χ1v) is 10.2. The molecule has 7 nitrogen and oxygen atoms in total. The van der Waals surface area contributed by atoms with Crippen molar-refractivity contribution >= 4 is 11.8 Å². The Hall–Kier alpha value is -2.88. The van der Waals surface area contributed by atoms with Crippen LogP contribution in [0.3, 0.4) is 0 Å². The molecule has 1 aromatic heterocycles. The Morgan fingerprint density at radius 2 is 1.84 bits per heavy atom. The van der Waals surface area contributed by atoms with Crippen molar-refractivity contribution in [2.75, 3.05) is 32.8 Å². The Morgan fingerprint density at radius 1 is 1.13 bits per heavy atom. The largest absolute Gasteiger partial charge is 0.416 e. The van der Waals surface area contributed by atoms with Gasteiger partial charge in [0.15, 0.2) is 0 Å². The molecule has 2 amide bonds. The first kappa shape index (κ1) is 21.4. The lowest BCUT2D eigenvalue weighted by Crippen LogP contribution is -2.52. The number of hydrogen-bond acceptors (Lipinski definition) is 4. The summed E-state index contributed by atoms with van der Waals surface area (Å²) in [4.78, 5) is 28.8. The van der Waals surface area contributed by atoms with E-state index in [2.05, 4.69) is 5.10 Å². The van der Waals surface area contributed by atoms with Crippen LogP contribution in [0.4, 0.5) is 13.2 Å². The van der Waals surface area contributed by atoms with Gasteiger partial charge in [0.05, 0.1) is 28.7 Å². The van der Waals surface area contributed by atoms with Crippen molar-refractivity contribution in [3.8, 4) is 5.69 Å². The standard InChI is InChI=1S/C21H23F3N4O3/c1-14-17(13-25-28(14)16-5-2-4-15(12-16)21(22,23)24)19(29)26-7-9-27(10-8-26)20(30)18-6-3-11-31-18/h2,4-5,12-13,18H,3,6-11H2,1H3. The van der Waals surface area contributed by atoms with Crippen LogP contribution in [0.1, 0.15) is 34.5 Å². The number of alkyl halides is 3. The van der Waals surface area contributed by atoms with Crippen LogP contribution in [0.25, 0.3) is 5.69 Å². The van der Waals surface area contributed by atoms with Crippen molar-refractivity contribution in [1.29, 1.82) is 0 Å². The predicted octanol–water partition coefficient (Wildman–Crippen LogP) is 2.66. The van der Waals surface area contributed by atoms with Crippen molar-refractivity contribution in [2.24, 2.45) is 0 Å². The van der Waals surface area contributed by atoms with E-state index >= 15 is 0 Å². The maximum absolute atomic E-state index is 13.0. The Balaban J connectivity index is 1.45. The minimum atomic E-state index is -4.46. The highest BCUT2D eigenvalue weighted by Crippen LogP contribution is 2.30. The molecule has 0 N–H and O–H groups in total. The fourth-order valence-electron chi connectivity index (χ4n) is 3.97. The number of benzene rings is 1. The van der Waals surface area contributed by atoms with Crippen molar-refractivity contribution in [1.82, 2.24) is 19.6 Å². The van der Waals surface area contributed by atoms with Gasteiger partial charge in [-0.25, -0.2) is 4.68 Å². The van der Waals surface area contributed by atoms with Crippen LogP contribution in [-0.4, -0.2) is 70.3 Å². The molecule has 166 valence electrons. The molecule has 31 heavy (non-hydrogen) atoms. The molecule has 0 saturated carbocycles. The zero-order valence-corrected chi connectivity index (χ0v) is 17.1. The van der Waals surface area contributed by atoms with Gasteiger partial charge in [-0.2, -0.15) is 18.3 Å². The molecule has 2 saturated heterocycles. The van der Waals surface area contributed by atoms with Crippen molar-refractivity contribution in [3.05, 3.63) is 47.3 Å². The molecule has 2 fully saturated rings. The third kappa shape index (κ3) is 4.30. The van der Waals surface area contributed by atoms with Crippen molar-refractivity contribution < 1.29 is 27.5 Å². The molecular formula is C21H23F3N4O3. The lowest BCUT2D eigenvalue weighted by molar-refractivity contribution is -0.142. The van der Waals surface area contributed by atoms with E-state index in [-0.39, 0.29) is 23.6 Å². The van der Waals surface area contributed by atoms with Crippen molar-refractivity contribution in [3.63, 3.8) is 0 Å². The lowest BCUT2D eigenvalue weighted by Gasteiger charge is -2.35. The maximum Gasteiger partial charge on any atom is 0.416 e. The van der Waals surface area contributed by atoms with Crippen LogP contribution in [0.2, 0.25) is 0 Å². The number of piperazine rings is 1. The molecule has 2 aromatic rings. The second-order valence-electron chi connectivity index (χ2n) is 7.72. The third-order valence-corrected chi connectivity index (χ3v) is 5.74. The summed E-state index contributed by atoms with van der Waals surface area (Å²) in [7, 11) is 0. The highest BCUT2D eigenvalue weighted by Gasteiger charge is 2.33. The molecule has 4 rings (SSSR count). The molecule has 3 heterocycles. The molecule has 2 aliphatic heterocycles. The number of carbonyl (C=O) groups is 2. The fourth-order valence-corrected chi connectivity index (χ4v) is 3.97. The second kappa shape index (κ2) is 8.33. The van der Waals surface area contributed by atoms with Gasteiger partial charge in [-0.15, -0.1) is 0 Å². The van der Waals surface area contributed by atoms with Crippen LogP contribution in [0.15, 0.2) is 30.5 Å². The Labute approximate surface area is 177 Å². The van der Waals surface area contributed by atoms with Gasteiger partial charge in [0.2, 0.25) is 0 Å². The SMILES string of the molecule is Cc1c(C(=O)N2CCN(C(=O)C3CCCO3)CC2)cnn1-c1cccc(C(F)(F)F)c1. The highest BCUT2D eigenvalue weighted by molar-refractivity contribution is 5.95. The summed E-state index contributed by atoms with van der Waals surface area (Å²) in [6.07, 6.45) is -1.86. The van der Waals surface area contributed by atoms with Crippen LogP contribution < -0.4 is 0 Å². The van der Waals surface area contributed by atoms with E-state index < -0.39 is 11.7 Å². The van der Waals surface area contributed by atoms with Crippen LogP contribution in [0, 0.1) is 6.92 Å². The van der Waals surface area contributed by atoms with Gasteiger partial charge in [0.1, 0.15) is 6.10 Å². The summed E-state index contributed by atoms with van der Waals surface area (Å²) in [6.45, 7) is 3.86. The van der Waals surface area contributed by atoms with E-state index in [9.17, 15) is 22.8 Å². The summed E-state index contributed by atoms with van der Waals surface area (Å²) >= 11 is 0. The molecule has 1 atom stereocenters. The number of hydrogen-bond donors (Lipinski definition) is 0. The quantitative estimate of drug-likeness (QED) is 0.742. The Morgan fingerprint density at radius 3 is 2.48 bits per heavy atom. The summed E-state index contributed by atoms with van der Waals surface area (Å²) in [5.41, 5.74) is 0.247. The van der Waals surface area contributed by atoms with Crippen LogP contribution in [-0.2, 0) is 15.7 Å². The first-order valence-electron chi connectivity index (χ1n) is 10.2. The number of rotatable bonds is 3. The van der Waals surface area contributed by atoms with Gasteiger partial charge >= 0.3 is 6.18 Å². The normalized spacial score (nSPS) is 19.7. The fraction of sp³-hybridized carbons (Fsp3) is 0.476. The average molecular weight is 436 g/mol. The van der Waals surface area contributed by atoms with Gasteiger partial charge in [0.25, 0.3) is 11.8 Å². The smallest absolute Gasteiger partial charge is 0.368 e. The zero-order chi connectivity index (χ0) is 22.2. The predicted molar refractivity (Wildman–Crippen MR) is 105 cm³/mol. The van der Waals surface area contributed by atoms with E-state index in [0.29, 0.717) is 44.0 Å². The maximum atomic E-state index is 13.0. The van der Waals surface area contributed by atoms with E-state index in [1.807, 2.05) is 0 Å². The number of nitrogens with zero attached hydrogens (tertiary/aromatic N) is 4. The number of carbonyl (C=O) groups excluding carboxylic acids is 2. The van der Waals surface area contributed by atoms with Crippen LogP contribution in [0.5, 0.6) is 0 Å². The minimum Gasteiger partial charge on any atom is -0.368 e. The molecule has 0 aliphatic carbocycles. The van der Waals surface area contributed by atoms with Crippen molar-refractivity contribution in [2.45, 2.75) is 32.0 Å². The molecule has 0 bridgehead atoms. The monoisotopic (exact) mass is 436 g/mol. The number of amides is 2. The van der Waals surface area contributed by atoms with E-state index in [4.69, 9.17) is 4.74 Å². The van der Waals surface area contributed by atoms with E-state index in [1.165, 1.54) is 23.0 Å². The molecule has 10 heteroatoms. The van der Waals surface area contributed by atoms with Gasteiger partial charge in [-0.05, 0) is 38.0 Å². The Bertz CT molecular complexity index is 974. The lowest BCUT2D eigenvalue weighted by atomic mass is 10.1. The molecule has 1 unspecified atom stereocenters. The first-order chi connectivity index (χ1) is 14.8. The second-order valence-corrected chi connectivity index (χ2v) is 7.72. The van der Waals surface area contributed by atoms with E-state index in [1.54, 1.807) is 16.7 Å². The summed E-state index contributed by atoms with van der Waals surface area (Å²) < 4.78 is 45.8. The minimum absolute atomic E-state index is 0.0295. The summed E-state index contributed by atoms with van der Waals surface area (Å²) in [6, 6.07) is 4.82. The number of aromatic nitrogens is 2. The summed E-state index contributed by atoms with van der Waals surface area (Å²) in [5.74, 6) is -0.280. The zero-order valence-electron chi connectivity index (χ0n) is 17.1. The van der Waals surface area contributed by atoms with Crippen LogP contribution >= 0.6 is 0 Å². The molecular weight excluding hydrogens is 413 g/mol. The number of halogens is 3. The highest BCUT2D eigenvalue weighted by atomic mass is 19.4. The van der Waals surface area contributed by atoms with Gasteiger partial charge < -0.3 is 14.5 Å². The summed E-state index contributed by atoms with van der Waals surface area (Å²) in [5, 5.41) is 4.14.